The molecule has 1 aliphatic heterocycles. The summed E-state index contributed by atoms with van der Waals surface area (Å²) in [6.45, 7) is 9.32. The monoisotopic (exact) mass is 293 g/mol. The summed E-state index contributed by atoms with van der Waals surface area (Å²) >= 11 is 6.08. The van der Waals surface area contributed by atoms with E-state index in [0.717, 1.165) is 35.9 Å². The molecule has 1 fully saturated rings. The number of aryl methyl sites for hydroxylation is 1. The third kappa shape index (κ3) is 2.25. The van der Waals surface area contributed by atoms with Gasteiger partial charge in [0.25, 0.3) is 0 Å². The fourth-order valence-electron chi connectivity index (χ4n) is 2.41. The van der Waals surface area contributed by atoms with Crippen molar-refractivity contribution in [3.05, 3.63) is 23.8 Å². The van der Waals surface area contributed by atoms with Crippen LogP contribution in [0.3, 0.4) is 0 Å². The molecule has 7 heteroatoms. The Hall–Kier alpha value is -1.66. The largest absolute Gasteiger partial charge is 0.378 e. The molecule has 20 heavy (non-hydrogen) atoms. The number of nitrogens with zero attached hydrogens (tertiary/aromatic N) is 5. The molecule has 0 spiro atoms. The van der Waals surface area contributed by atoms with Crippen molar-refractivity contribution in [2.75, 3.05) is 31.2 Å². The van der Waals surface area contributed by atoms with Gasteiger partial charge in [0.2, 0.25) is 5.28 Å². The first kappa shape index (κ1) is 13.3. The molecule has 0 N–H and O–H groups in total. The Kier molecular flexibility index (Phi) is 3.58. The molecule has 3 rings (SSSR count). The number of halogens is 1. The van der Waals surface area contributed by atoms with Crippen molar-refractivity contribution >= 4 is 28.6 Å². The van der Waals surface area contributed by atoms with Gasteiger partial charge in [-0.2, -0.15) is 9.97 Å². The van der Waals surface area contributed by atoms with Gasteiger partial charge in [0, 0.05) is 19.6 Å². The van der Waals surface area contributed by atoms with Gasteiger partial charge in [-0.15, -0.1) is 6.58 Å². The molecule has 0 saturated carbocycles. The number of hydrogen-bond acceptors (Lipinski definition) is 5. The van der Waals surface area contributed by atoms with Crippen LogP contribution in [0.1, 0.15) is 5.82 Å². The summed E-state index contributed by atoms with van der Waals surface area (Å²) in [5.41, 5.74) is 1.54. The number of fused-ring (bicyclic) bond motifs is 1. The lowest BCUT2D eigenvalue weighted by Gasteiger charge is -2.27. The van der Waals surface area contributed by atoms with Crippen LogP contribution in [0.25, 0.3) is 11.2 Å². The number of anilines is 1. The second-order valence-corrected chi connectivity index (χ2v) is 4.98. The third-order valence-corrected chi connectivity index (χ3v) is 3.53. The van der Waals surface area contributed by atoms with Gasteiger partial charge in [-0.05, 0) is 18.5 Å². The highest BCUT2D eigenvalue weighted by atomic mass is 35.5. The maximum Gasteiger partial charge on any atom is 0.226 e. The summed E-state index contributed by atoms with van der Waals surface area (Å²) in [6.07, 6.45) is 1.82. The van der Waals surface area contributed by atoms with Gasteiger partial charge in [0.1, 0.15) is 5.82 Å². The lowest BCUT2D eigenvalue weighted by Crippen LogP contribution is -2.37. The molecule has 0 bridgehead atoms. The number of aromatic nitrogens is 4. The molecule has 0 radical (unpaired) electrons. The number of morpholine rings is 1. The van der Waals surface area contributed by atoms with Crippen LogP contribution in [0.15, 0.2) is 12.7 Å². The fraction of sp³-hybridized carbons (Fsp3) is 0.462. The van der Waals surface area contributed by atoms with Gasteiger partial charge in [-0.1, -0.05) is 6.08 Å². The van der Waals surface area contributed by atoms with E-state index in [4.69, 9.17) is 16.3 Å². The lowest BCUT2D eigenvalue weighted by molar-refractivity contribution is 0.122. The SMILES string of the molecule is C=CCn1c(C)nc2c(N3CCOCC3)nc(Cl)nc21. The molecule has 3 heterocycles. The molecule has 6 nitrogen and oxygen atoms in total. The maximum absolute atomic E-state index is 6.08. The van der Waals surface area contributed by atoms with Gasteiger partial charge >= 0.3 is 0 Å². The van der Waals surface area contributed by atoms with Crippen molar-refractivity contribution in [2.24, 2.45) is 0 Å². The standard InChI is InChI=1S/C13H16ClN5O/c1-3-4-19-9(2)15-10-11(16-13(14)17-12(10)19)18-5-7-20-8-6-18/h3H,1,4-8H2,2H3. The number of allylic oxidation sites excluding steroid dienone is 1. The summed E-state index contributed by atoms with van der Waals surface area (Å²) in [5, 5.41) is 0.240. The minimum Gasteiger partial charge on any atom is -0.378 e. The van der Waals surface area contributed by atoms with Gasteiger partial charge < -0.3 is 14.2 Å². The van der Waals surface area contributed by atoms with E-state index in [0.29, 0.717) is 19.8 Å². The highest BCUT2D eigenvalue weighted by Gasteiger charge is 2.21. The lowest BCUT2D eigenvalue weighted by atomic mass is 10.3. The first-order valence-electron chi connectivity index (χ1n) is 6.54. The van der Waals surface area contributed by atoms with Crippen molar-refractivity contribution in [2.45, 2.75) is 13.5 Å². The minimum absolute atomic E-state index is 0.240. The highest BCUT2D eigenvalue weighted by Crippen LogP contribution is 2.26. The summed E-state index contributed by atoms with van der Waals surface area (Å²) in [6, 6.07) is 0. The fourth-order valence-corrected chi connectivity index (χ4v) is 2.57. The Bertz CT molecular complexity index is 648. The predicted octanol–water partition coefficient (Wildman–Crippen LogP) is 1.81. The number of hydrogen-bond donors (Lipinski definition) is 0. The molecule has 0 amide bonds. The Labute approximate surface area is 122 Å². The van der Waals surface area contributed by atoms with E-state index >= 15 is 0 Å². The predicted molar refractivity (Wildman–Crippen MR) is 78.3 cm³/mol. The Morgan fingerprint density at radius 2 is 2.05 bits per heavy atom. The zero-order valence-electron chi connectivity index (χ0n) is 11.3. The summed E-state index contributed by atoms with van der Waals surface area (Å²) in [4.78, 5) is 15.4. The van der Waals surface area contributed by atoms with E-state index in [1.54, 1.807) is 0 Å². The van der Waals surface area contributed by atoms with E-state index in [2.05, 4.69) is 26.4 Å². The van der Waals surface area contributed by atoms with E-state index in [9.17, 15) is 0 Å². The molecule has 0 atom stereocenters. The van der Waals surface area contributed by atoms with Gasteiger partial charge in [0.05, 0.1) is 13.2 Å². The van der Waals surface area contributed by atoms with Crippen LogP contribution in [0.5, 0.6) is 0 Å². The van der Waals surface area contributed by atoms with Crippen LogP contribution in [0.2, 0.25) is 5.28 Å². The van der Waals surface area contributed by atoms with Crippen molar-refractivity contribution in [1.29, 1.82) is 0 Å². The number of ether oxygens (including phenoxy) is 1. The second-order valence-electron chi connectivity index (χ2n) is 4.65. The quantitative estimate of drug-likeness (QED) is 0.638. The zero-order chi connectivity index (χ0) is 14.1. The summed E-state index contributed by atoms with van der Waals surface area (Å²) in [7, 11) is 0. The Morgan fingerprint density at radius 3 is 2.75 bits per heavy atom. The van der Waals surface area contributed by atoms with Crippen LogP contribution < -0.4 is 4.90 Å². The molecular formula is C13H16ClN5O. The molecule has 0 aromatic carbocycles. The van der Waals surface area contributed by atoms with Crippen LogP contribution in [0, 0.1) is 6.92 Å². The van der Waals surface area contributed by atoms with Crippen molar-refractivity contribution < 1.29 is 4.74 Å². The molecule has 0 aliphatic carbocycles. The smallest absolute Gasteiger partial charge is 0.226 e. The van der Waals surface area contributed by atoms with Gasteiger partial charge in [0.15, 0.2) is 17.0 Å². The van der Waals surface area contributed by atoms with E-state index in [-0.39, 0.29) is 5.28 Å². The Balaban J connectivity index is 2.16. The van der Waals surface area contributed by atoms with Crippen molar-refractivity contribution in [3.8, 4) is 0 Å². The first-order chi connectivity index (χ1) is 9.70. The normalized spacial score (nSPS) is 15.8. The Morgan fingerprint density at radius 1 is 1.30 bits per heavy atom. The average molecular weight is 294 g/mol. The minimum atomic E-state index is 0.240. The van der Waals surface area contributed by atoms with Crippen molar-refractivity contribution in [1.82, 2.24) is 19.5 Å². The van der Waals surface area contributed by atoms with Crippen LogP contribution in [-0.4, -0.2) is 45.8 Å². The molecule has 2 aromatic rings. The maximum atomic E-state index is 6.08. The molecule has 1 saturated heterocycles. The molecule has 0 unspecified atom stereocenters. The van der Waals surface area contributed by atoms with Gasteiger partial charge in [-0.25, -0.2) is 4.98 Å². The molecule has 1 aliphatic rings. The summed E-state index contributed by atoms with van der Waals surface area (Å²) < 4.78 is 7.36. The van der Waals surface area contributed by atoms with Crippen LogP contribution in [0.4, 0.5) is 5.82 Å². The van der Waals surface area contributed by atoms with Crippen LogP contribution in [-0.2, 0) is 11.3 Å². The number of imidazole rings is 1. The number of rotatable bonds is 3. The average Bonchev–Trinajstić information content (AvgIpc) is 2.76. The second kappa shape index (κ2) is 5.38. The van der Waals surface area contributed by atoms with Crippen LogP contribution >= 0.6 is 11.6 Å². The van der Waals surface area contributed by atoms with Crippen molar-refractivity contribution in [3.63, 3.8) is 0 Å². The topological polar surface area (TPSA) is 56.1 Å². The van der Waals surface area contributed by atoms with E-state index in [1.807, 2.05) is 17.6 Å². The zero-order valence-corrected chi connectivity index (χ0v) is 12.1. The molecular weight excluding hydrogens is 278 g/mol. The molecule has 106 valence electrons. The first-order valence-corrected chi connectivity index (χ1v) is 6.92. The third-order valence-electron chi connectivity index (χ3n) is 3.36. The van der Waals surface area contributed by atoms with Gasteiger partial charge in [-0.3, -0.25) is 0 Å². The van der Waals surface area contributed by atoms with E-state index < -0.39 is 0 Å². The summed E-state index contributed by atoms with van der Waals surface area (Å²) in [5.74, 6) is 1.67. The molecule has 2 aromatic heterocycles. The van der Waals surface area contributed by atoms with E-state index in [1.165, 1.54) is 0 Å². The highest BCUT2D eigenvalue weighted by molar-refractivity contribution is 6.28.